The van der Waals surface area contributed by atoms with Crippen LogP contribution in [0.3, 0.4) is 0 Å². The molecule has 1 aromatic carbocycles. The average molecular weight is 283 g/mol. The van der Waals surface area contributed by atoms with Gasteiger partial charge in [-0.1, -0.05) is 12.1 Å². The van der Waals surface area contributed by atoms with Gasteiger partial charge < -0.3 is 14.5 Å². The zero-order valence-electron chi connectivity index (χ0n) is 12.1. The molecule has 6 nitrogen and oxygen atoms in total. The van der Waals surface area contributed by atoms with Gasteiger partial charge in [-0.15, -0.1) is 0 Å². The first-order valence-electron chi connectivity index (χ1n) is 6.80. The fourth-order valence-electron chi connectivity index (χ4n) is 2.34. The van der Waals surface area contributed by atoms with Crippen LogP contribution in [0, 0.1) is 6.92 Å². The lowest BCUT2D eigenvalue weighted by Crippen LogP contribution is -2.28. The van der Waals surface area contributed by atoms with Crippen LogP contribution in [0.1, 0.15) is 11.6 Å². The Hall–Kier alpha value is -2.63. The van der Waals surface area contributed by atoms with E-state index in [-0.39, 0.29) is 12.5 Å². The number of benzene rings is 1. The molecular formula is C15H17N5O. The summed E-state index contributed by atoms with van der Waals surface area (Å²) in [4.78, 5) is 20.8. The van der Waals surface area contributed by atoms with Crippen LogP contribution in [0.15, 0.2) is 36.7 Å². The lowest BCUT2D eigenvalue weighted by molar-refractivity contribution is -0.121. The van der Waals surface area contributed by atoms with E-state index in [1.165, 1.54) is 0 Å². The van der Waals surface area contributed by atoms with Gasteiger partial charge in [0.2, 0.25) is 5.91 Å². The number of nitrogens with zero attached hydrogens (tertiary/aromatic N) is 4. The highest BCUT2D eigenvalue weighted by molar-refractivity contribution is 5.81. The van der Waals surface area contributed by atoms with Crippen molar-refractivity contribution in [3.8, 4) is 0 Å². The Morgan fingerprint density at radius 3 is 2.90 bits per heavy atom. The number of rotatable bonds is 4. The van der Waals surface area contributed by atoms with E-state index < -0.39 is 0 Å². The SMILES string of the molecule is Cc1nc2ccccc2n1CC(=O)NCc1nccn1C. The Bertz CT molecular complexity index is 786. The molecule has 2 aromatic heterocycles. The highest BCUT2D eigenvalue weighted by Crippen LogP contribution is 2.14. The first kappa shape index (κ1) is 13.4. The smallest absolute Gasteiger partial charge is 0.240 e. The van der Waals surface area contributed by atoms with Crippen LogP contribution in [0.5, 0.6) is 0 Å². The molecule has 0 saturated heterocycles. The van der Waals surface area contributed by atoms with Crippen molar-refractivity contribution in [2.45, 2.75) is 20.0 Å². The van der Waals surface area contributed by atoms with Crippen LogP contribution < -0.4 is 5.32 Å². The number of imidazole rings is 2. The summed E-state index contributed by atoms with van der Waals surface area (Å²) in [6, 6.07) is 7.82. The number of hydrogen-bond acceptors (Lipinski definition) is 3. The monoisotopic (exact) mass is 283 g/mol. The molecule has 0 spiro atoms. The Kier molecular flexibility index (Phi) is 3.43. The Morgan fingerprint density at radius 2 is 2.14 bits per heavy atom. The molecule has 0 aliphatic heterocycles. The number of aryl methyl sites for hydroxylation is 2. The quantitative estimate of drug-likeness (QED) is 0.787. The molecule has 0 atom stereocenters. The van der Waals surface area contributed by atoms with Gasteiger partial charge in [-0.05, 0) is 19.1 Å². The molecule has 0 bridgehead atoms. The molecule has 2 heterocycles. The van der Waals surface area contributed by atoms with Gasteiger partial charge in [0.25, 0.3) is 0 Å². The van der Waals surface area contributed by atoms with Crippen molar-refractivity contribution in [2.24, 2.45) is 7.05 Å². The van der Waals surface area contributed by atoms with E-state index in [0.717, 1.165) is 22.7 Å². The van der Waals surface area contributed by atoms with Crippen LogP contribution in [0.25, 0.3) is 11.0 Å². The van der Waals surface area contributed by atoms with Crippen molar-refractivity contribution in [3.63, 3.8) is 0 Å². The lowest BCUT2D eigenvalue weighted by Gasteiger charge is -2.08. The zero-order valence-corrected chi connectivity index (χ0v) is 12.1. The maximum absolute atomic E-state index is 12.1. The van der Waals surface area contributed by atoms with Gasteiger partial charge >= 0.3 is 0 Å². The summed E-state index contributed by atoms with van der Waals surface area (Å²) in [5.74, 6) is 1.61. The maximum Gasteiger partial charge on any atom is 0.240 e. The molecule has 21 heavy (non-hydrogen) atoms. The molecule has 0 saturated carbocycles. The minimum Gasteiger partial charge on any atom is -0.347 e. The maximum atomic E-state index is 12.1. The molecule has 0 radical (unpaired) electrons. The van der Waals surface area contributed by atoms with E-state index in [0.29, 0.717) is 6.54 Å². The number of carbonyl (C=O) groups is 1. The fraction of sp³-hybridized carbons (Fsp3) is 0.267. The molecule has 0 aliphatic carbocycles. The van der Waals surface area contributed by atoms with Crippen molar-refractivity contribution in [2.75, 3.05) is 0 Å². The molecule has 6 heteroatoms. The number of aromatic nitrogens is 4. The summed E-state index contributed by atoms with van der Waals surface area (Å²) in [7, 11) is 1.90. The van der Waals surface area contributed by atoms with E-state index in [1.54, 1.807) is 6.20 Å². The second-order valence-corrected chi connectivity index (χ2v) is 4.96. The third-order valence-electron chi connectivity index (χ3n) is 3.51. The number of nitrogens with one attached hydrogen (secondary N) is 1. The van der Waals surface area contributed by atoms with E-state index in [4.69, 9.17) is 0 Å². The minimum absolute atomic E-state index is 0.0516. The lowest BCUT2D eigenvalue weighted by atomic mass is 10.3. The summed E-state index contributed by atoms with van der Waals surface area (Å²) in [6.45, 7) is 2.59. The van der Waals surface area contributed by atoms with Gasteiger partial charge in [-0.2, -0.15) is 0 Å². The van der Waals surface area contributed by atoms with E-state index in [9.17, 15) is 4.79 Å². The third kappa shape index (κ3) is 2.65. The predicted molar refractivity (Wildman–Crippen MR) is 79.5 cm³/mol. The van der Waals surface area contributed by atoms with Gasteiger partial charge in [0.15, 0.2) is 0 Å². The van der Waals surface area contributed by atoms with Crippen molar-refractivity contribution in [1.82, 2.24) is 24.4 Å². The largest absolute Gasteiger partial charge is 0.347 e. The fourth-order valence-corrected chi connectivity index (χ4v) is 2.34. The second-order valence-electron chi connectivity index (χ2n) is 4.96. The molecule has 0 fully saturated rings. The standard InChI is InChI=1S/C15H17N5O/c1-11-18-12-5-3-4-6-13(12)20(11)10-15(21)17-9-14-16-7-8-19(14)2/h3-8H,9-10H2,1-2H3,(H,17,21). The third-order valence-corrected chi connectivity index (χ3v) is 3.51. The van der Waals surface area contributed by atoms with Gasteiger partial charge in [-0.25, -0.2) is 9.97 Å². The summed E-state index contributed by atoms with van der Waals surface area (Å²) >= 11 is 0. The first-order chi connectivity index (χ1) is 10.1. The summed E-state index contributed by atoms with van der Waals surface area (Å²) in [5, 5.41) is 2.89. The van der Waals surface area contributed by atoms with Crippen molar-refractivity contribution in [1.29, 1.82) is 0 Å². The molecule has 0 unspecified atom stereocenters. The van der Waals surface area contributed by atoms with E-state index >= 15 is 0 Å². The summed E-state index contributed by atoms with van der Waals surface area (Å²) in [6.07, 6.45) is 3.57. The van der Waals surface area contributed by atoms with Crippen molar-refractivity contribution in [3.05, 3.63) is 48.3 Å². The molecule has 1 N–H and O–H groups in total. The number of para-hydroxylation sites is 2. The number of hydrogen-bond donors (Lipinski definition) is 1. The van der Waals surface area contributed by atoms with Gasteiger partial charge in [0.05, 0.1) is 17.6 Å². The zero-order chi connectivity index (χ0) is 14.8. The Labute approximate surface area is 122 Å². The van der Waals surface area contributed by atoms with Crippen LogP contribution in [0.4, 0.5) is 0 Å². The number of amides is 1. The van der Waals surface area contributed by atoms with Crippen LogP contribution in [-0.4, -0.2) is 25.0 Å². The Balaban J connectivity index is 1.72. The molecule has 3 rings (SSSR count). The van der Waals surface area contributed by atoms with Crippen molar-refractivity contribution < 1.29 is 4.79 Å². The second kappa shape index (κ2) is 5.40. The average Bonchev–Trinajstić information content (AvgIpc) is 3.01. The molecule has 3 aromatic rings. The number of fused-ring (bicyclic) bond motifs is 1. The summed E-state index contributed by atoms with van der Waals surface area (Å²) in [5.41, 5.74) is 1.88. The van der Waals surface area contributed by atoms with Crippen LogP contribution in [-0.2, 0) is 24.9 Å². The highest BCUT2D eigenvalue weighted by Gasteiger charge is 2.11. The predicted octanol–water partition coefficient (Wildman–Crippen LogP) is 1.39. The van der Waals surface area contributed by atoms with Gasteiger partial charge in [0, 0.05) is 19.4 Å². The topological polar surface area (TPSA) is 64.7 Å². The van der Waals surface area contributed by atoms with E-state index in [2.05, 4.69) is 15.3 Å². The molecule has 1 amide bonds. The number of carbonyl (C=O) groups excluding carboxylic acids is 1. The molecule has 108 valence electrons. The molecular weight excluding hydrogens is 266 g/mol. The van der Waals surface area contributed by atoms with Crippen LogP contribution in [0.2, 0.25) is 0 Å². The van der Waals surface area contributed by atoms with Gasteiger partial charge in [0.1, 0.15) is 18.2 Å². The minimum atomic E-state index is -0.0516. The normalized spacial score (nSPS) is 11.0. The summed E-state index contributed by atoms with van der Waals surface area (Å²) < 4.78 is 3.81. The van der Waals surface area contributed by atoms with Crippen molar-refractivity contribution >= 4 is 16.9 Å². The first-order valence-corrected chi connectivity index (χ1v) is 6.80. The highest BCUT2D eigenvalue weighted by atomic mass is 16.1. The van der Waals surface area contributed by atoms with Crippen LogP contribution >= 0.6 is 0 Å². The van der Waals surface area contributed by atoms with Gasteiger partial charge in [-0.3, -0.25) is 4.79 Å². The Morgan fingerprint density at radius 1 is 1.33 bits per heavy atom. The molecule has 0 aliphatic rings. The van der Waals surface area contributed by atoms with E-state index in [1.807, 2.05) is 53.6 Å².